The first-order valence-electron chi connectivity index (χ1n) is 8.21. The van der Waals surface area contributed by atoms with Crippen molar-refractivity contribution in [2.75, 3.05) is 33.2 Å². The van der Waals surface area contributed by atoms with E-state index < -0.39 is 0 Å². The molecule has 0 spiro atoms. The van der Waals surface area contributed by atoms with Crippen LogP contribution in [0.1, 0.15) is 17.0 Å². The number of anilines is 1. The van der Waals surface area contributed by atoms with Gasteiger partial charge in [-0.3, -0.25) is 0 Å². The van der Waals surface area contributed by atoms with Gasteiger partial charge in [0.05, 0.1) is 20.1 Å². The Bertz CT molecular complexity index is 938. The number of ether oxygens (including phenoxy) is 3. The molecular formula is C20H20BrN3O3. The molecule has 0 saturated carbocycles. The quantitative estimate of drug-likeness (QED) is 0.796. The molecular weight excluding hydrogens is 410 g/mol. The van der Waals surface area contributed by atoms with E-state index in [1.54, 1.807) is 14.2 Å². The van der Waals surface area contributed by atoms with Crippen molar-refractivity contribution in [1.82, 2.24) is 0 Å². The van der Waals surface area contributed by atoms with E-state index in [-0.39, 0.29) is 11.8 Å². The van der Waals surface area contributed by atoms with E-state index >= 15 is 0 Å². The van der Waals surface area contributed by atoms with Crippen LogP contribution in [0.2, 0.25) is 0 Å². The lowest BCUT2D eigenvalue weighted by atomic mass is 9.83. The summed E-state index contributed by atoms with van der Waals surface area (Å²) in [5.74, 6) is 1.57. The van der Waals surface area contributed by atoms with Gasteiger partial charge in [0.1, 0.15) is 33.4 Å². The molecule has 140 valence electrons. The van der Waals surface area contributed by atoms with Crippen LogP contribution in [0.25, 0.3) is 0 Å². The van der Waals surface area contributed by atoms with Gasteiger partial charge in [-0.05, 0) is 39.7 Å². The van der Waals surface area contributed by atoms with Crippen LogP contribution < -0.4 is 24.8 Å². The van der Waals surface area contributed by atoms with E-state index in [2.05, 4.69) is 22.0 Å². The summed E-state index contributed by atoms with van der Waals surface area (Å²) in [7, 11) is 7.07. The summed E-state index contributed by atoms with van der Waals surface area (Å²) in [6.07, 6.45) is 0. The predicted octanol–water partition coefficient (Wildman–Crippen LogP) is 3.75. The second-order valence-corrected chi connectivity index (χ2v) is 7.07. The van der Waals surface area contributed by atoms with Gasteiger partial charge in [-0.15, -0.1) is 0 Å². The molecule has 0 bridgehead atoms. The minimum Gasteiger partial charge on any atom is -0.495 e. The molecule has 2 N–H and O–H groups in total. The molecule has 6 nitrogen and oxygen atoms in total. The second-order valence-electron chi connectivity index (χ2n) is 6.28. The lowest BCUT2D eigenvalue weighted by molar-refractivity contribution is 0.384. The first kappa shape index (κ1) is 18.9. The highest BCUT2D eigenvalue weighted by molar-refractivity contribution is 9.10. The normalized spacial score (nSPS) is 15.5. The third-order valence-electron chi connectivity index (χ3n) is 4.52. The summed E-state index contributed by atoms with van der Waals surface area (Å²) in [6, 6.07) is 11.8. The predicted molar refractivity (Wildman–Crippen MR) is 107 cm³/mol. The summed E-state index contributed by atoms with van der Waals surface area (Å²) in [6.45, 7) is 0. The van der Waals surface area contributed by atoms with Crippen LogP contribution in [0.4, 0.5) is 5.69 Å². The van der Waals surface area contributed by atoms with Crippen LogP contribution in [0.3, 0.4) is 0 Å². The van der Waals surface area contributed by atoms with E-state index in [1.165, 1.54) is 0 Å². The van der Waals surface area contributed by atoms with Crippen LogP contribution in [0, 0.1) is 11.3 Å². The molecule has 3 rings (SSSR count). The largest absolute Gasteiger partial charge is 0.495 e. The molecule has 1 atom stereocenters. The minimum atomic E-state index is -0.383. The fourth-order valence-electron chi connectivity index (χ4n) is 3.12. The van der Waals surface area contributed by atoms with E-state index in [1.807, 2.05) is 49.3 Å². The first-order valence-corrected chi connectivity index (χ1v) is 9.00. The van der Waals surface area contributed by atoms with Gasteiger partial charge in [0.25, 0.3) is 0 Å². The first-order chi connectivity index (χ1) is 12.9. The molecule has 0 aromatic heterocycles. The minimum absolute atomic E-state index is 0.103. The average molecular weight is 430 g/mol. The van der Waals surface area contributed by atoms with E-state index in [4.69, 9.17) is 19.9 Å². The molecule has 0 saturated heterocycles. The maximum Gasteiger partial charge on any atom is 0.205 e. The number of nitrogens with two attached hydrogens (primary N) is 1. The Kier molecular flexibility index (Phi) is 5.19. The van der Waals surface area contributed by atoms with Crippen molar-refractivity contribution in [1.29, 1.82) is 5.26 Å². The molecule has 27 heavy (non-hydrogen) atoms. The van der Waals surface area contributed by atoms with Gasteiger partial charge in [0, 0.05) is 31.4 Å². The number of hydrogen-bond donors (Lipinski definition) is 1. The molecule has 0 aliphatic carbocycles. The van der Waals surface area contributed by atoms with Crippen LogP contribution in [-0.2, 0) is 0 Å². The van der Waals surface area contributed by atoms with Crippen molar-refractivity contribution in [2.24, 2.45) is 5.73 Å². The number of methoxy groups -OCH3 is 2. The van der Waals surface area contributed by atoms with Gasteiger partial charge in [0.15, 0.2) is 0 Å². The maximum absolute atomic E-state index is 9.72. The smallest absolute Gasteiger partial charge is 0.205 e. The average Bonchev–Trinajstić information content (AvgIpc) is 2.66. The van der Waals surface area contributed by atoms with Crippen molar-refractivity contribution in [3.63, 3.8) is 0 Å². The van der Waals surface area contributed by atoms with E-state index in [0.717, 1.165) is 16.8 Å². The van der Waals surface area contributed by atoms with Crippen molar-refractivity contribution in [3.05, 3.63) is 57.4 Å². The fraction of sp³-hybridized carbons (Fsp3) is 0.250. The summed E-state index contributed by atoms with van der Waals surface area (Å²) in [5, 5.41) is 9.72. The Balaban J connectivity index is 2.24. The zero-order valence-electron chi connectivity index (χ0n) is 15.5. The van der Waals surface area contributed by atoms with Gasteiger partial charge in [0.2, 0.25) is 5.88 Å². The monoisotopic (exact) mass is 429 g/mol. The SMILES string of the molecule is COc1cc(C2C(C#N)=C(N)Oc3cc(N(C)C)ccc32)cc(OC)c1Br. The Morgan fingerprint density at radius 2 is 1.78 bits per heavy atom. The van der Waals surface area contributed by atoms with Crippen LogP contribution >= 0.6 is 15.9 Å². The zero-order chi connectivity index (χ0) is 19.7. The molecule has 0 fully saturated rings. The number of benzene rings is 2. The van der Waals surface area contributed by atoms with Crippen LogP contribution in [0.5, 0.6) is 17.2 Å². The number of rotatable bonds is 4. The van der Waals surface area contributed by atoms with Gasteiger partial charge < -0.3 is 24.8 Å². The zero-order valence-corrected chi connectivity index (χ0v) is 17.1. The van der Waals surface area contributed by atoms with Gasteiger partial charge in [-0.25, -0.2) is 0 Å². The molecule has 1 unspecified atom stereocenters. The third-order valence-corrected chi connectivity index (χ3v) is 5.30. The Morgan fingerprint density at radius 3 is 2.30 bits per heavy atom. The summed E-state index contributed by atoms with van der Waals surface area (Å²) in [4.78, 5) is 1.98. The molecule has 7 heteroatoms. The Labute approximate surface area is 166 Å². The molecule has 0 amide bonds. The van der Waals surface area contributed by atoms with E-state index in [0.29, 0.717) is 27.3 Å². The maximum atomic E-state index is 9.72. The Hall–Kier alpha value is -2.85. The van der Waals surface area contributed by atoms with Crippen LogP contribution in [0.15, 0.2) is 46.3 Å². The molecule has 0 radical (unpaired) electrons. The topological polar surface area (TPSA) is 80.7 Å². The van der Waals surface area contributed by atoms with Crippen molar-refractivity contribution in [2.45, 2.75) is 5.92 Å². The lowest BCUT2D eigenvalue weighted by Crippen LogP contribution is -2.21. The summed E-state index contributed by atoms with van der Waals surface area (Å²) >= 11 is 3.48. The lowest BCUT2D eigenvalue weighted by Gasteiger charge is -2.28. The number of nitrogens with zero attached hydrogens (tertiary/aromatic N) is 2. The van der Waals surface area contributed by atoms with Gasteiger partial charge >= 0.3 is 0 Å². The molecule has 2 aromatic rings. The highest BCUT2D eigenvalue weighted by atomic mass is 79.9. The molecule has 2 aromatic carbocycles. The summed E-state index contributed by atoms with van der Waals surface area (Å²) in [5.41, 5.74) is 9.10. The third kappa shape index (κ3) is 3.28. The van der Waals surface area contributed by atoms with E-state index in [9.17, 15) is 5.26 Å². The number of allylic oxidation sites excluding steroid dienone is 1. The number of halogens is 1. The molecule has 1 aliphatic heterocycles. The summed E-state index contributed by atoms with van der Waals surface area (Å²) < 4.78 is 17.4. The highest BCUT2D eigenvalue weighted by Crippen LogP contribution is 2.46. The van der Waals surface area contributed by atoms with Crippen molar-refractivity contribution >= 4 is 21.6 Å². The standard InChI is InChI=1S/C20H20BrN3O3/c1-24(2)12-5-6-13-15(9-12)27-20(23)14(10-22)18(13)11-7-16(25-3)19(21)17(8-11)26-4/h5-9,18H,23H2,1-4H3. The fourth-order valence-corrected chi connectivity index (χ4v) is 3.67. The number of nitriles is 1. The van der Waals surface area contributed by atoms with Crippen molar-refractivity contribution < 1.29 is 14.2 Å². The molecule has 1 aliphatic rings. The van der Waals surface area contributed by atoms with Gasteiger partial charge in [-0.1, -0.05) is 6.07 Å². The van der Waals surface area contributed by atoms with Crippen molar-refractivity contribution in [3.8, 4) is 23.3 Å². The second kappa shape index (κ2) is 7.41. The highest BCUT2D eigenvalue weighted by Gasteiger charge is 2.32. The number of fused-ring (bicyclic) bond motifs is 1. The van der Waals surface area contributed by atoms with Gasteiger partial charge in [-0.2, -0.15) is 5.26 Å². The molecule has 1 heterocycles. The van der Waals surface area contributed by atoms with Crippen LogP contribution in [-0.4, -0.2) is 28.3 Å². The Morgan fingerprint density at radius 1 is 1.15 bits per heavy atom. The number of hydrogen-bond acceptors (Lipinski definition) is 6.